The van der Waals surface area contributed by atoms with Crippen LogP contribution < -0.4 is 5.32 Å². The zero-order valence-electron chi connectivity index (χ0n) is 10.9. The molecule has 0 amide bonds. The lowest BCUT2D eigenvalue weighted by Crippen LogP contribution is -2.42. The maximum Gasteiger partial charge on any atom is 0.0628 e. The van der Waals surface area contributed by atoms with Gasteiger partial charge in [-0.3, -0.25) is 0 Å². The molecule has 1 saturated heterocycles. The van der Waals surface area contributed by atoms with E-state index in [0.717, 1.165) is 19.0 Å². The molecule has 1 N–H and O–H groups in total. The molecule has 0 bridgehead atoms. The fourth-order valence-corrected chi connectivity index (χ4v) is 3.18. The van der Waals surface area contributed by atoms with Crippen LogP contribution in [-0.2, 0) is 4.74 Å². The van der Waals surface area contributed by atoms with Gasteiger partial charge in [-0.05, 0) is 37.6 Å². The molecular formula is C14H27NO. The molecule has 2 rings (SSSR count). The molecule has 0 radical (unpaired) electrons. The monoisotopic (exact) mass is 225 g/mol. The summed E-state index contributed by atoms with van der Waals surface area (Å²) in [6.07, 6.45) is 9.03. The third-order valence-electron chi connectivity index (χ3n) is 4.39. The van der Waals surface area contributed by atoms with Gasteiger partial charge in [0, 0.05) is 6.54 Å². The lowest BCUT2D eigenvalue weighted by molar-refractivity contribution is -0.0723. The fraction of sp³-hybridized carbons (Fsp3) is 1.00. The van der Waals surface area contributed by atoms with Gasteiger partial charge in [0.25, 0.3) is 0 Å². The van der Waals surface area contributed by atoms with Crippen LogP contribution >= 0.6 is 0 Å². The Labute approximate surface area is 100 Å². The lowest BCUT2D eigenvalue weighted by Gasteiger charge is -2.36. The van der Waals surface area contributed by atoms with Crippen LogP contribution in [0.4, 0.5) is 0 Å². The van der Waals surface area contributed by atoms with E-state index in [1.165, 1.54) is 38.5 Å². The number of piperidine rings is 1. The highest BCUT2D eigenvalue weighted by molar-refractivity contribution is 4.79. The van der Waals surface area contributed by atoms with Gasteiger partial charge in [0.05, 0.1) is 12.2 Å². The zero-order chi connectivity index (χ0) is 11.4. The van der Waals surface area contributed by atoms with Crippen LogP contribution in [0.5, 0.6) is 0 Å². The Balaban J connectivity index is 1.79. The highest BCUT2D eigenvalue weighted by atomic mass is 16.5. The molecule has 94 valence electrons. The maximum atomic E-state index is 6.34. The van der Waals surface area contributed by atoms with Gasteiger partial charge in [-0.2, -0.15) is 0 Å². The van der Waals surface area contributed by atoms with Crippen LogP contribution in [0.2, 0.25) is 0 Å². The quantitative estimate of drug-likeness (QED) is 0.797. The molecule has 1 aliphatic heterocycles. The average Bonchev–Trinajstić information content (AvgIpc) is 2.32. The van der Waals surface area contributed by atoms with Crippen LogP contribution in [0.3, 0.4) is 0 Å². The minimum Gasteiger partial charge on any atom is -0.375 e. The predicted octanol–water partition coefficient (Wildman–Crippen LogP) is 2.97. The van der Waals surface area contributed by atoms with Crippen molar-refractivity contribution in [2.75, 3.05) is 13.1 Å². The lowest BCUT2D eigenvalue weighted by atomic mass is 9.85. The van der Waals surface area contributed by atoms with Gasteiger partial charge in [-0.15, -0.1) is 0 Å². The average molecular weight is 225 g/mol. The first-order chi connectivity index (χ1) is 7.79. The molecule has 1 saturated carbocycles. The van der Waals surface area contributed by atoms with E-state index in [2.05, 4.69) is 19.2 Å². The Hall–Kier alpha value is -0.0800. The van der Waals surface area contributed by atoms with Crippen molar-refractivity contribution in [3.8, 4) is 0 Å². The van der Waals surface area contributed by atoms with Crippen molar-refractivity contribution in [3.05, 3.63) is 0 Å². The third kappa shape index (κ3) is 3.21. The summed E-state index contributed by atoms with van der Waals surface area (Å²) >= 11 is 0. The highest BCUT2D eigenvalue weighted by Gasteiger charge is 2.28. The molecule has 4 atom stereocenters. The molecular weight excluding hydrogens is 198 g/mol. The minimum absolute atomic E-state index is 0.516. The Morgan fingerprint density at radius 3 is 2.88 bits per heavy atom. The molecule has 1 heterocycles. The second-order valence-electron chi connectivity index (χ2n) is 5.71. The molecule has 0 spiro atoms. The normalized spacial score (nSPS) is 40.9. The topological polar surface area (TPSA) is 21.3 Å². The Bertz CT molecular complexity index is 207. The second kappa shape index (κ2) is 6.02. The van der Waals surface area contributed by atoms with Crippen molar-refractivity contribution in [3.63, 3.8) is 0 Å². The van der Waals surface area contributed by atoms with Crippen molar-refractivity contribution < 1.29 is 4.74 Å². The van der Waals surface area contributed by atoms with Gasteiger partial charge < -0.3 is 10.1 Å². The molecule has 4 unspecified atom stereocenters. The molecule has 16 heavy (non-hydrogen) atoms. The smallest absolute Gasteiger partial charge is 0.0628 e. The molecule has 0 aromatic heterocycles. The van der Waals surface area contributed by atoms with E-state index in [9.17, 15) is 0 Å². The van der Waals surface area contributed by atoms with Crippen LogP contribution in [0.1, 0.15) is 52.4 Å². The van der Waals surface area contributed by atoms with E-state index in [-0.39, 0.29) is 0 Å². The second-order valence-corrected chi connectivity index (χ2v) is 5.71. The summed E-state index contributed by atoms with van der Waals surface area (Å²) in [5.41, 5.74) is 0. The first kappa shape index (κ1) is 12.4. The SMILES string of the molecule is CCC1CCCC(OC2CCNCC2C)C1. The predicted molar refractivity (Wildman–Crippen MR) is 67.6 cm³/mol. The van der Waals surface area contributed by atoms with Gasteiger partial charge in [0.2, 0.25) is 0 Å². The summed E-state index contributed by atoms with van der Waals surface area (Å²) in [5, 5.41) is 3.44. The van der Waals surface area contributed by atoms with Crippen LogP contribution in [-0.4, -0.2) is 25.3 Å². The molecule has 2 aliphatic rings. The van der Waals surface area contributed by atoms with Gasteiger partial charge in [0.1, 0.15) is 0 Å². The summed E-state index contributed by atoms with van der Waals surface area (Å²) in [6.45, 7) is 6.91. The van der Waals surface area contributed by atoms with E-state index >= 15 is 0 Å². The Morgan fingerprint density at radius 2 is 2.12 bits per heavy atom. The van der Waals surface area contributed by atoms with E-state index in [4.69, 9.17) is 4.74 Å². The highest BCUT2D eigenvalue weighted by Crippen LogP contribution is 2.30. The molecule has 0 aromatic carbocycles. The number of hydrogen-bond donors (Lipinski definition) is 1. The largest absolute Gasteiger partial charge is 0.375 e. The van der Waals surface area contributed by atoms with E-state index in [1.54, 1.807) is 0 Å². The van der Waals surface area contributed by atoms with E-state index in [1.807, 2.05) is 0 Å². The number of rotatable bonds is 3. The Kier molecular flexibility index (Phi) is 4.66. The van der Waals surface area contributed by atoms with Crippen molar-refractivity contribution in [1.82, 2.24) is 5.32 Å². The first-order valence-electron chi connectivity index (χ1n) is 7.15. The molecule has 0 aromatic rings. The maximum absolute atomic E-state index is 6.34. The standard InChI is InChI=1S/C14H27NO/c1-3-12-5-4-6-13(9-12)16-14-7-8-15-10-11(14)2/h11-15H,3-10H2,1-2H3. The summed E-state index contributed by atoms with van der Waals surface area (Å²) in [4.78, 5) is 0. The van der Waals surface area contributed by atoms with Crippen molar-refractivity contribution in [2.45, 2.75) is 64.6 Å². The third-order valence-corrected chi connectivity index (χ3v) is 4.39. The summed E-state index contributed by atoms with van der Waals surface area (Å²) in [7, 11) is 0. The van der Waals surface area contributed by atoms with Gasteiger partial charge in [-0.25, -0.2) is 0 Å². The molecule has 2 nitrogen and oxygen atoms in total. The first-order valence-corrected chi connectivity index (χ1v) is 7.15. The van der Waals surface area contributed by atoms with Crippen LogP contribution in [0, 0.1) is 11.8 Å². The molecule has 2 heteroatoms. The van der Waals surface area contributed by atoms with Crippen molar-refractivity contribution >= 4 is 0 Å². The van der Waals surface area contributed by atoms with E-state index < -0.39 is 0 Å². The Morgan fingerprint density at radius 1 is 1.25 bits per heavy atom. The fourth-order valence-electron chi connectivity index (χ4n) is 3.18. The summed E-state index contributed by atoms with van der Waals surface area (Å²) < 4.78 is 6.34. The van der Waals surface area contributed by atoms with Gasteiger partial charge in [-0.1, -0.05) is 33.1 Å². The van der Waals surface area contributed by atoms with E-state index in [0.29, 0.717) is 18.1 Å². The van der Waals surface area contributed by atoms with Crippen LogP contribution in [0.25, 0.3) is 0 Å². The van der Waals surface area contributed by atoms with Crippen molar-refractivity contribution in [1.29, 1.82) is 0 Å². The van der Waals surface area contributed by atoms with Crippen molar-refractivity contribution in [2.24, 2.45) is 11.8 Å². The number of ether oxygens (including phenoxy) is 1. The molecule has 1 aliphatic carbocycles. The zero-order valence-corrected chi connectivity index (χ0v) is 10.9. The summed E-state index contributed by atoms with van der Waals surface area (Å²) in [5.74, 6) is 1.62. The minimum atomic E-state index is 0.516. The summed E-state index contributed by atoms with van der Waals surface area (Å²) in [6, 6.07) is 0. The molecule has 2 fully saturated rings. The van der Waals surface area contributed by atoms with Gasteiger partial charge >= 0.3 is 0 Å². The van der Waals surface area contributed by atoms with Crippen LogP contribution in [0.15, 0.2) is 0 Å². The number of nitrogens with one attached hydrogen (secondary N) is 1. The number of hydrogen-bond acceptors (Lipinski definition) is 2. The van der Waals surface area contributed by atoms with Gasteiger partial charge in [0.15, 0.2) is 0 Å².